The van der Waals surface area contributed by atoms with Gasteiger partial charge in [-0.3, -0.25) is 0 Å². The van der Waals surface area contributed by atoms with Crippen LogP contribution >= 0.6 is 11.6 Å². The fourth-order valence-electron chi connectivity index (χ4n) is 1.71. The van der Waals surface area contributed by atoms with E-state index in [0.29, 0.717) is 16.1 Å². The molecule has 2 aromatic rings. The molecule has 2 rings (SSSR count). The van der Waals surface area contributed by atoms with E-state index in [-0.39, 0.29) is 5.75 Å². The van der Waals surface area contributed by atoms with Gasteiger partial charge in [-0.25, -0.2) is 4.21 Å². The zero-order valence-corrected chi connectivity index (χ0v) is 11.4. The van der Waals surface area contributed by atoms with Crippen LogP contribution in [0.2, 0.25) is 5.02 Å². The standard InChI is InChI=1S/C14H10ClNO2S/c15-14-7-12(5-6-13(14)9-19(17)18)11-3-1-10(8-16)2-4-11/h1-7H,9H2,(H,17,18). The highest BCUT2D eigenvalue weighted by atomic mass is 35.5. The van der Waals surface area contributed by atoms with Crippen LogP contribution in [0.25, 0.3) is 11.1 Å². The lowest BCUT2D eigenvalue weighted by molar-refractivity contribution is 0.563. The van der Waals surface area contributed by atoms with Crippen molar-refractivity contribution in [2.24, 2.45) is 0 Å². The lowest BCUT2D eigenvalue weighted by Crippen LogP contribution is -1.94. The lowest BCUT2D eigenvalue weighted by Gasteiger charge is -2.06. The first-order chi connectivity index (χ1) is 9.10. The third kappa shape index (κ3) is 3.42. The number of hydrogen-bond acceptors (Lipinski definition) is 2. The van der Waals surface area contributed by atoms with Crippen LogP contribution in [0.1, 0.15) is 11.1 Å². The summed E-state index contributed by atoms with van der Waals surface area (Å²) < 4.78 is 19.6. The van der Waals surface area contributed by atoms with Gasteiger partial charge >= 0.3 is 0 Å². The van der Waals surface area contributed by atoms with Crippen molar-refractivity contribution in [3.8, 4) is 17.2 Å². The van der Waals surface area contributed by atoms with Gasteiger partial charge in [-0.05, 0) is 34.9 Å². The normalized spacial score (nSPS) is 11.8. The molecule has 0 amide bonds. The minimum absolute atomic E-state index is 0.0203. The lowest BCUT2D eigenvalue weighted by atomic mass is 10.0. The maximum Gasteiger partial charge on any atom is 0.157 e. The van der Waals surface area contributed by atoms with E-state index in [0.717, 1.165) is 11.1 Å². The van der Waals surface area contributed by atoms with E-state index >= 15 is 0 Å². The molecule has 19 heavy (non-hydrogen) atoms. The highest BCUT2D eigenvalue weighted by molar-refractivity contribution is 7.78. The molecule has 0 saturated heterocycles. The van der Waals surface area contributed by atoms with Gasteiger partial charge in [0.2, 0.25) is 0 Å². The largest absolute Gasteiger partial charge is 0.306 e. The summed E-state index contributed by atoms with van der Waals surface area (Å²) in [4.78, 5) is 0. The number of benzene rings is 2. The Bertz CT molecular complexity index is 662. The summed E-state index contributed by atoms with van der Waals surface area (Å²) in [6.07, 6.45) is 0. The van der Waals surface area contributed by atoms with E-state index in [2.05, 4.69) is 6.07 Å². The van der Waals surface area contributed by atoms with Crippen molar-refractivity contribution in [2.45, 2.75) is 5.75 Å². The summed E-state index contributed by atoms with van der Waals surface area (Å²) >= 11 is 4.18. The summed E-state index contributed by atoms with van der Waals surface area (Å²) in [5.41, 5.74) is 3.08. The SMILES string of the molecule is N#Cc1ccc(-c2ccc(CS(=O)O)c(Cl)c2)cc1. The molecular formula is C14H10ClNO2S. The van der Waals surface area contributed by atoms with Crippen LogP contribution in [0, 0.1) is 11.3 Å². The van der Waals surface area contributed by atoms with Crippen molar-refractivity contribution in [3.05, 3.63) is 58.6 Å². The van der Waals surface area contributed by atoms with Crippen LogP contribution in [0.5, 0.6) is 0 Å². The van der Waals surface area contributed by atoms with E-state index in [1.165, 1.54) is 0 Å². The van der Waals surface area contributed by atoms with Crippen molar-refractivity contribution < 1.29 is 8.76 Å². The van der Waals surface area contributed by atoms with E-state index in [1.807, 2.05) is 18.2 Å². The van der Waals surface area contributed by atoms with Crippen LogP contribution in [-0.4, -0.2) is 8.76 Å². The van der Waals surface area contributed by atoms with Gasteiger partial charge in [0.15, 0.2) is 11.1 Å². The molecule has 3 nitrogen and oxygen atoms in total. The van der Waals surface area contributed by atoms with Crippen LogP contribution in [0.3, 0.4) is 0 Å². The number of rotatable bonds is 3. The molecule has 1 N–H and O–H groups in total. The first-order valence-corrected chi connectivity index (χ1v) is 7.12. The molecule has 96 valence electrons. The predicted octanol–water partition coefficient (Wildman–Crippen LogP) is 3.60. The Morgan fingerprint density at radius 1 is 1.16 bits per heavy atom. The molecular weight excluding hydrogens is 282 g/mol. The van der Waals surface area contributed by atoms with E-state index in [9.17, 15) is 4.21 Å². The van der Waals surface area contributed by atoms with Gasteiger partial charge < -0.3 is 4.55 Å². The summed E-state index contributed by atoms with van der Waals surface area (Å²) in [6, 6.07) is 14.6. The minimum Gasteiger partial charge on any atom is -0.306 e. The fourth-order valence-corrected chi connectivity index (χ4v) is 2.56. The second kappa shape index (κ2) is 5.98. The molecule has 0 spiro atoms. The zero-order valence-electron chi connectivity index (χ0n) is 9.84. The van der Waals surface area contributed by atoms with E-state index in [4.69, 9.17) is 21.4 Å². The smallest absolute Gasteiger partial charge is 0.157 e. The van der Waals surface area contributed by atoms with Gasteiger partial charge in [-0.15, -0.1) is 0 Å². The quantitative estimate of drug-likeness (QED) is 0.879. The maximum absolute atomic E-state index is 10.8. The van der Waals surface area contributed by atoms with Gasteiger partial charge in [0.05, 0.1) is 17.4 Å². The molecule has 0 aliphatic rings. The third-order valence-electron chi connectivity index (χ3n) is 2.68. The first-order valence-electron chi connectivity index (χ1n) is 5.46. The van der Waals surface area contributed by atoms with Crippen LogP contribution < -0.4 is 0 Å². The predicted molar refractivity (Wildman–Crippen MR) is 76.1 cm³/mol. The van der Waals surface area contributed by atoms with Crippen LogP contribution in [0.4, 0.5) is 0 Å². The molecule has 2 aromatic carbocycles. The highest BCUT2D eigenvalue weighted by Gasteiger charge is 2.06. The Kier molecular flexibility index (Phi) is 4.33. The summed E-state index contributed by atoms with van der Waals surface area (Å²) in [6.45, 7) is 0. The Hall–Kier alpha value is -1.67. The Morgan fingerprint density at radius 3 is 2.32 bits per heavy atom. The van der Waals surface area contributed by atoms with Gasteiger partial charge in [-0.2, -0.15) is 5.26 Å². The van der Waals surface area contributed by atoms with E-state index in [1.54, 1.807) is 24.3 Å². The molecule has 0 radical (unpaired) electrons. The molecule has 0 aliphatic carbocycles. The molecule has 5 heteroatoms. The maximum atomic E-state index is 10.8. The monoisotopic (exact) mass is 291 g/mol. The fraction of sp³-hybridized carbons (Fsp3) is 0.0714. The summed E-state index contributed by atoms with van der Waals surface area (Å²) in [7, 11) is 0. The molecule has 0 fully saturated rings. The van der Waals surface area contributed by atoms with Crippen LogP contribution in [-0.2, 0) is 16.8 Å². The molecule has 0 aliphatic heterocycles. The number of hydrogen-bond donors (Lipinski definition) is 1. The van der Waals surface area contributed by atoms with Crippen LogP contribution in [0.15, 0.2) is 42.5 Å². The van der Waals surface area contributed by atoms with Gasteiger partial charge in [0, 0.05) is 5.02 Å². The molecule has 0 aromatic heterocycles. The molecule has 1 unspecified atom stereocenters. The topological polar surface area (TPSA) is 61.1 Å². The average Bonchev–Trinajstić information content (AvgIpc) is 2.41. The van der Waals surface area contributed by atoms with Crippen molar-refractivity contribution in [2.75, 3.05) is 0 Å². The minimum atomic E-state index is -1.90. The van der Waals surface area contributed by atoms with Gasteiger partial charge in [-0.1, -0.05) is 35.9 Å². The van der Waals surface area contributed by atoms with Crippen molar-refractivity contribution >= 4 is 22.7 Å². The second-order valence-corrected chi connectivity index (χ2v) is 5.30. The first kappa shape index (κ1) is 13.8. The van der Waals surface area contributed by atoms with Crippen molar-refractivity contribution in [3.63, 3.8) is 0 Å². The number of nitrogens with zero attached hydrogens (tertiary/aromatic N) is 1. The van der Waals surface area contributed by atoms with Crippen molar-refractivity contribution in [1.29, 1.82) is 5.26 Å². The Morgan fingerprint density at radius 2 is 1.79 bits per heavy atom. The molecule has 0 saturated carbocycles. The summed E-state index contributed by atoms with van der Waals surface area (Å²) in [5.74, 6) is 0.0203. The third-order valence-corrected chi connectivity index (χ3v) is 3.59. The summed E-state index contributed by atoms with van der Waals surface area (Å²) in [5, 5.41) is 9.20. The Balaban J connectivity index is 2.33. The molecule has 1 atom stereocenters. The number of halogens is 1. The average molecular weight is 292 g/mol. The number of nitriles is 1. The van der Waals surface area contributed by atoms with E-state index < -0.39 is 11.1 Å². The zero-order chi connectivity index (χ0) is 13.8. The molecule has 0 bridgehead atoms. The van der Waals surface area contributed by atoms with Gasteiger partial charge in [0.25, 0.3) is 0 Å². The highest BCUT2D eigenvalue weighted by Crippen LogP contribution is 2.26. The van der Waals surface area contributed by atoms with Crippen molar-refractivity contribution in [1.82, 2.24) is 0 Å². The van der Waals surface area contributed by atoms with Gasteiger partial charge in [0.1, 0.15) is 0 Å². The second-order valence-electron chi connectivity index (χ2n) is 3.96. The molecule has 0 heterocycles. The Labute approximate surface area is 118 Å².